The van der Waals surface area contributed by atoms with Gasteiger partial charge < -0.3 is 15.1 Å². The molecular formula is C20H27N3O2. The topological polar surface area (TPSA) is 67.2 Å². The summed E-state index contributed by atoms with van der Waals surface area (Å²) in [6.07, 6.45) is 5.39. The van der Waals surface area contributed by atoms with Crippen LogP contribution in [0.5, 0.6) is 0 Å². The van der Waals surface area contributed by atoms with Crippen LogP contribution in [0.1, 0.15) is 58.8 Å². The van der Waals surface area contributed by atoms with Crippen molar-refractivity contribution in [1.29, 1.82) is 0 Å². The fourth-order valence-corrected chi connectivity index (χ4v) is 4.14. The lowest BCUT2D eigenvalue weighted by atomic mass is 9.89. The van der Waals surface area contributed by atoms with Crippen LogP contribution in [-0.4, -0.2) is 23.0 Å². The maximum atomic E-state index is 12.4. The van der Waals surface area contributed by atoms with Gasteiger partial charge in [0.05, 0.1) is 0 Å². The zero-order valence-corrected chi connectivity index (χ0v) is 15.3. The standard InChI is InChI=1S/C20H27N3O2/c1-20(2,3)19-23-16-11-15(6-7-17(16)25-19)22-18(24)10-12-8-13-4-5-14(9-12)21-13/h6-7,11-14,21H,4-5,8-10H2,1-3H3,(H,22,24). The van der Waals surface area contributed by atoms with Crippen LogP contribution in [0, 0.1) is 5.92 Å². The van der Waals surface area contributed by atoms with E-state index in [0.29, 0.717) is 24.4 Å². The molecule has 2 aliphatic rings. The van der Waals surface area contributed by atoms with E-state index < -0.39 is 0 Å². The molecule has 3 heterocycles. The lowest BCUT2D eigenvalue weighted by Crippen LogP contribution is -2.39. The summed E-state index contributed by atoms with van der Waals surface area (Å²) in [7, 11) is 0. The number of benzene rings is 1. The summed E-state index contributed by atoms with van der Waals surface area (Å²) in [5.41, 5.74) is 2.22. The van der Waals surface area contributed by atoms with Gasteiger partial charge >= 0.3 is 0 Å². The molecule has 2 aromatic rings. The fraction of sp³-hybridized carbons (Fsp3) is 0.600. The van der Waals surface area contributed by atoms with Crippen molar-refractivity contribution in [2.45, 2.75) is 70.4 Å². The number of aromatic nitrogens is 1. The van der Waals surface area contributed by atoms with Gasteiger partial charge in [-0.15, -0.1) is 0 Å². The molecule has 134 valence electrons. The van der Waals surface area contributed by atoms with Crippen molar-refractivity contribution in [2.24, 2.45) is 5.92 Å². The van der Waals surface area contributed by atoms with Crippen molar-refractivity contribution in [3.8, 4) is 0 Å². The van der Waals surface area contributed by atoms with Gasteiger partial charge in [0.2, 0.25) is 11.8 Å². The highest BCUT2D eigenvalue weighted by atomic mass is 16.3. The molecule has 2 unspecified atom stereocenters. The molecule has 2 aliphatic heterocycles. The molecule has 2 bridgehead atoms. The Morgan fingerprint density at radius 1 is 1.28 bits per heavy atom. The zero-order valence-electron chi connectivity index (χ0n) is 15.3. The van der Waals surface area contributed by atoms with Crippen molar-refractivity contribution in [1.82, 2.24) is 10.3 Å². The van der Waals surface area contributed by atoms with Crippen LogP contribution in [0.25, 0.3) is 11.1 Å². The van der Waals surface area contributed by atoms with Gasteiger partial charge in [0.25, 0.3) is 0 Å². The van der Waals surface area contributed by atoms with E-state index in [9.17, 15) is 4.79 Å². The molecule has 0 aliphatic carbocycles. The molecule has 25 heavy (non-hydrogen) atoms. The summed E-state index contributed by atoms with van der Waals surface area (Å²) < 4.78 is 5.81. The molecule has 1 amide bonds. The summed E-state index contributed by atoms with van der Waals surface area (Å²) in [4.78, 5) is 17.0. The molecule has 2 saturated heterocycles. The lowest BCUT2D eigenvalue weighted by molar-refractivity contribution is -0.117. The van der Waals surface area contributed by atoms with Crippen LogP contribution in [-0.2, 0) is 10.2 Å². The smallest absolute Gasteiger partial charge is 0.224 e. The Balaban J connectivity index is 1.42. The zero-order chi connectivity index (χ0) is 17.6. The van der Waals surface area contributed by atoms with Gasteiger partial charge in [0.15, 0.2) is 5.58 Å². The molecule has 5 heteroatoms. The third-order valence-corrected chi connectivity index (χ3v) is 5.36. The first-order chi connectivity index (χ1) is 11.9. The average molecular weight is 341 g/mol. The first-order valence-corrected chi connectivity index (χ1v) is 9.34. The van der Waals surface area contributed by atoms with Crippen LogP contribution < -0.4 is 10.6 Å². The third kappa shape index (κ3) is 3.56. The minimum absolute atomic E-state index is 0.102. The molecule has 4 rings (SSSR count). The fourth-order valence-electron chi connectivity index (χ4n) is 4.14. The first-order valence-electron chi connectivity index (χ1n) is 9.34. The Hall–Kier alpha value is -1.88. The summed E-state index contributed by atoms with van der Waals surface area (Å²) in [6, 6.07) is 6.93. The van der Waals surface area contributed by atoms with Gasteiger partial charge in [-0.3, -0.25) is 4.79 Å². The van der Waals surface area contributed by atoms with E-state index in [0.717, 1.165) is 35.5 Å². The number of carbonyl (C=O) groups is 1. The van der Waals surface area contributed by atoms with Gasteiger partial charge in [-0.25, -0.2) is 4.98 Å². The molecule has 0 saturated carbocycles. The van der Waals surface area contributed by atoms with E-state index in [2.05, 4.69) is 36.4 Å². The largest absolute Gasteiger partial charge is 0.440 e. The number of oxazole rings is 1. The summed E-state index contributed by atoms with van der Waals surface area (Å²) in [5.74, 6) is 1.32. The summed E-state index contributed by atoms with van der Waals surface area (Å²) in [6.45, 7) is 6.23. The summed E-state index contributed by atoms with van der Waals surface area (Å²) in [5, 5.41) is 6.67. The van der Waals surface area contributed by atoms with Crippen LogP contribution >= 0.6 is 0 Å². The number of fused-ring (bicyclic) bond motifs is 3. The second kappa shape index (κ2) is 6.13. The van der Waals surface area contributed by atoms with Gasteiger partial charge in [-0.05, 0) is 49.8 Å². The van der Waals surface area contributed by atoms with E-state index >= 15 is 0 Å². The van der Waals surface area contributed by atoms with Crippen LogP contribution in [0.15, 0.2) is 22.6 Å². The maximum Gasteiger partial charge on any atom is 0.224 e. The number of hydrogen-bond donors (Lipinski definition) is 2. The Morgan fingerprint density at radius 3 is 2.68 bits per heavy atom. The molecule has 1 aromatic carbocycles. The molecular weight excluding hydrogens is 314 g/mol. The monoisotopic (exact) mass is 341 g/mol. The predicted molar refractivity (Wildman–Crippen MR) is 98.6 cm³/mol. The number of piperidine rings is 1. The van der Waals surface area contributed by atoms with Crippen LogP contribution in [0.4, 0.5) is 5.69 Å². The lowest BCUT2D eigenvalue weighted by Gasteiger charge is -2.28. The first kappa shape index (κ1) is 16.6. The molecule has 2 atom stereocenters. The van der Waals surface area contributed by atoms with Crippen LogP contribution in [0.2, 0.25) is 0 Å². The average Bonchev–Trinajstić information content (AvgIpc) is 3.09. The predicted octanol–water partition coefficient (Wildman–Crippen LogP) is 3.98. The Morgan fingerprint density at radius 2 is 2.00 bits per heavy atom. The van der Waals surface area contributed by atoms with Crippen molar-refractivity contribution < 1.29 is 9.21 Å². The number of nitrogens with one attached hydrogen (secondary N) is 2. The Kier molecular flexibility index (Phi) is 4.07. The highest BCUT2D eigenvalue weighted by Gasteiger charge is 2.34. The second-order valence-corrected chi connectivity index (χ2v) is 8.68. The number of hydrogen-bond acceptors (Lipinski definition) is 4. The molecule has 2 N–H and O–H groups in total. The van der Waals surface area contributed by atoms with E-state index in [1.54, 1.807) is 0 Å². The Labute approximate surface area is 148 Å². The minimum Gasteiger partial charge on any atom is -0.440 e. The van der Waals surface area contributed by atoms with Gasteiger partial charge in [-0.2, -0.15) is 0 Å². The van der Waals surface area contributed by atoms with Crippen molar-refractivity contribution in [3.63, 3.8) is 0 Å². The number of carbonyl (C=O) groups excluding carboxylic acids is 1. The van der Waals surface area contributed by atoms with E-state index in [-0.39, 0.29) is 11.3 Å². The van der Waals surface area contributed by atoms with Gasteiger partial charge in [0, 0.05) is 29.6 Å². The molecule has 1 aromatic heterocycles. The molecule has 0 spiro atoms. The van der Waals surface area contributed by atoms with Crippen LogP contribution in [0.3, 0.4) is 0 Å². The number of rotatable bonds is 3. The summed E-state index contributed by atoms with van der Waals surface area (Å²) >= 11 is 0. The van der Waals surface area contributed by atoms with Gasteiger partial charge in [0.1, 0.15) is 5.52 Å². The van der Waals surface area contributed by atoms with E-state index in [4.69, 9.17) is 4.42 Å². The maximum absolute atomic E-state index is 12.4. The highest BCUT2D eigenvalue weighted by molar-refractivity contribution is 5.92. The normalized spacial score (nSPS) is 26.1. The third-order valence-electron chi connectivity index (χ3n) is 5.36. The van der Waals surface area contributed by atoms with Crippen molar-refractivity contribution in [3.05, 3.63) is 24.1 Å². The van der Waals surface area contributed by atoms with Gasteiger partial charge in [-0.1, -0.05) is 20.8 Å². The number of anilines is 1. The number of nitrogens with zero attached hydrogens (tertiary/aromatic N) is 1. The number of amides is 1. The van der Waals surface area contributed by atoms with Crippen molar-refractivity contribution in [2.75, 3.05) is 5.32 Å². The minimum atomic E-state index is -0.128. The highest BCUT2D eigenvalue weighted by Crippen LogP contribution is 2.33. The Bertz CT molecular complexity index is 778. The van der Waals surface area contributed by atoms with E-state index in [1.807, 2.05) is 18.2 Å². The van der Waals surface area contributed by atoms with Crippen molar-refractivity contribution >= 4 is 22.7 Å². The quantitative estimate of drug-likeness (QED) is 0.886. The SMILES string of the molecule is CC(C)(C)c1nc2cc(NC(=O)CC3CC4CCC(C3)N4)ccc2o1. The second-order valence-electron chi connectivity index (χ2n) is 8.68. The van der Waals surface area contributed by atoms with E-state index in [1.165, 1.54) is 12.8 Å². The molecule has 2 fully saturated rings. The molecule has 5 nitrogen and oxygen atoms in total. The molecule has 0 radical (unpaired) electrons.